The van der Waals surface area contributed by atoms with Crippen molar-refractivity contribution in [3.05, 3.63) is 12.3 Å². The number of hydrogen-bond acceptors (Lipinski definition) is 3. The van der Waals surface area contributed by atoms with E-state index in [0.717, 1.165) is 6.08 Å². The molecule has 13 heavy (non-hydrogen) atoms. The normalized spacial score (nSPS) is 11.5. The minimum atomic E-state index is -1.04. The molecule has 0 rings (SSSR count). The van der Waals surface area contributed by atoms with Gasteiger partial charge in [0.15, 0.2) is 0 Å². The summed E-state index contributed by atoms with van der Waals surface area (Å²) in [4.78, 5) is 20.8. The van der Waals surface area contributed by atoms with E-state index in [1.807, 2.05) is 0 Å². The maximum absolute atomic E-state index is 10.8. The average Bonchev–Trinajstić information content (AvgIpc) is 1.97. The van der Waals surface area contributed by atoms with Crippen LogP contribution in [0.2, 0.25) is 0 Å². The molecule has 74 valence electrons. The summed E-state index contributed by atoms with van der Waals surface area (Å²) >= 11 is 0. The molecule has 0 spiro atoms. The molecule has 0 aromatic rings. The van der Waals surface area contributed by atoms with Crippen molar-refractivity contribution in [1.82, 2.24) is 5.32 Å². The molecule has 5 heteroatoms. The fraction of sp³-hybridized carbons (Fsp3) is 0.500. The Kier molecular flexibility index (Phi) is 3.97. The van der Waals surface area contributed by atoms with Crippen molar-refractivity contribution in [2.24, 2.45) is 11.1 Å². The Hall–Kier alpha value is -1.52. The fourth-order valence-corrected chi connectivity index (χ4v) is 0.531. The van der Waals surface area contributed by atoms with Crippen LogP contribution in [0.4, 0.5) is 0 Å². The van der Waals surface area contributed by atoms with Crippen LogP contribution in [0.3, 0.4) is 0 Å². The van der Waals surface area contributed by atoms with Gasteiger partial charge in [-0.2, -0.15) is 0 Å². The van der Waals surface area contributed by atoms with E-state index in [0.29, 0.717) is 6.54 Å². The number of nitrogens with one attached hydrogen (secondary N) is 1. The van der Waals surface area contributed by atoms with Crippen molar-refractivity contribution in [3.8, 4) is 0 Å². The van der Waals surface area contributed by atoms with Gasteiger partial charge in [-0.3, -0.25) is 4.79 Å². The van der Waals surface area contributed by atoms with Crippen molar-refractivity contribution in [1.29, 1.82) is 0 Å². The third kappa shape index (κ3) is 4.84. The van der Waals surface area contributed by atoms with Gasteiger partial charge >= 0.3 is 5.97 Å². The van der Waals surface area contributed by atoms with Gasteiger partial charge in [0, 0.05) is 18.8 Å². The van der Waals surface area contributed by atoms with E-state index >= 15 is 0 Å². The van der Waals surface area contributed by atoms with E-state index in [9.17, 15) is 9.59 Å². The Labute approximate surface area is 76.6 Å². The minimum absolute atomic E-state index is 0.312. The lowest BCUT2D eigenvalue weighted by atomic mass is 9.93. The Morgan fingerprint density at radius 2 is 2.08 bits per heavy atom. The fourth-order valence-electron chi connectivity index (χ4n) is 0.531. The first-order valence-electron chi connectivity index (χ1n) is 3.79. The van der Waals surface area contributed by atoms with Crippen LogP contribution in [-0.2, 0) is 9.59 Å². The zero-order valence-corrected chi connectivity index (χ0v) is 7.70. The molecule has 0 saturated heterocycles. The number of carbonyl (C=O) groups is 2. The standard InChI is InChI=1S/C8H14N2O3/c1-8(2,7(9)13)5-10-4-3-6(11)12/h3-4,10H,5H2,1-2H3,(H2,9,13)(H,11,12)/b4-3+. The van der Waals surface area contributed by atoms with E-state index in [-0.39, 0.29) is 0 Å². The zero-order chi connectivity index (χ0) is 10.5. The van der Waals surface area contributed by atoms with Crippen LogP contribution in [0.1, 0.15) is 13.8 Å². The number of primary amides is 1. The van der Waals surface area contributed by atoms with Gasteiger partial charge in [0.05, 0.1) is 5.41 Å². The van der Waals surface area contributed by atoms with Crippen LogP contribution in [0.15, 0.2) is 12.3 Å². The SMILES string of the molecule is CC(C)(CN/C=C/C(=O)O)C(N)=O. The summed E-state index contributed by atoms with van der Waals surface area (Å²) in [5, 5.41) is 10.9. The number of aliphatic carboxylic acids is 1. The quantitative estimate of drug-likeness (QED) is 0.513. The number of nitrogens with two attached hydrogens (primary N) is 1. The van der Waals surface area contributed by atoms with Gasteiger partial charge in [-0.25, -0.2) is 4.79 Å². The maximum Gasteiger partial charge on any atom is 0.329 e. The molecule has 4 N–H and O–H groups in total. The summed E-state index contributed by atoms with van der Waals surface area (Å²) in [6.07, 6.45) is 2.23. The van der Waals surface area contributed by atoms with E-state index in [2.05, 4.69) is 5.32 Å². The highest BCUT2D eigenvalue weighted by Crippen LogP contribution is 2.11. The first-order chi connectivity index (χ1) is 5.86. The maximum atomic E-state index is 10.8. The first kappa shape index (κ1) is 11.5. The van der Waals surface area contributed by atoms with Crippen molar-refractivity contribution < 1.29 is 14.7 Å². The Morgan fingerprint density at radius 1 is 1.54 bits per heavy atom. The molecular formula is C8H14N2O3. The molecule has 0 aliphatic rings. The summed E-state index contributed by atoms with van der Waals surface area (Å²) in [5.41, 5.74) is 4.42. The van der Waals surface area contributed by atoms with Gasteiger partial charge in [0.1, 0.15) is 0 Å². The molecule has 0 fully saturated rings. The van der Waals surface area contributed by atoms with E-state index < -0.39 is 17.3 Å². The first-order valence-corrected chi connectivity index (χ1v) is 3.79. The lowest BCUT2D eigenvalue weighted by Gasteiger charge is -2.19. The molecule has 0 radical (unpaired) electrons. The van der Waals surface area contributed by atoms with Crippen molar-refractivity contribution >= 4 is 11.9 Å². The molecule has 0 bridgehead atoms. The molecule has 0 unspecified atom stereocenters. The summed E-state index contributed by atoms with van der Waals surface area (Å²) in [6, 6.07) is 0. The summed E-state index contributed by atoms with van der Waals surface area (Å²) in [7, 11) is 0. The summed E-state index contributed by atoms with van der Waals surface area (Å²) in [5.74, 6) is -1.46. The van der Waals surface area contributed by atoms with Crippen LogP contribution < -0.4 is 11.1 Å². The number of hydrogen-bond donors (Lipinski definition) is 3. The van der Waals surface area contributed by atoms with Gasteiger partial charge in [0.2, 0.25) is 5.91 Å². The van der Waals surface area contributed by atoms with Gasteiger partial charge in [0.25, 0.3) is 0 Å². The monoisotopic (exact) mass is 186 g/mol. The molecule has 0 aromatic heterocycles. The minimum Gasteiger partial charge on any atom is -0.478 e. The second kappa shape index (κ2) is 4.49. The molecule has 0 aliphatic heterocycles. The molecule has 0 aliphatic carbocycles. The third-order valence-corrected chi connectivity index (χ3v) is 1.55. The predicted molar refractivity (Wildman–Crippen MR) is 47.8 cm³/mol. The molecule has 5 nitrogen and oxygen atoms in total. The van der Waals surface area contributed by atoms with Crippen LogP contribution in [0, 0.1) is 5.41 Å². The second-order valence-corrected chi connectivity index (χ2v) is 3.30. The van der Waals surface area contributed by atoms with Gasteiger partial charge in [-0.15, -0.1) is 0 Å². The van der Waals surface area contributed by atoms with Gasteiger partial charge in [-0.05, 0) is 13.8 Å². The summed E-state index contributed by atoms with van der Waals surface area (Å²) < 4.78 is 0. The van der Waals surface area contributed by atoms with Crippen LogP contribution in [0.5, 0.6) is 0 Å². The van der Waals surface area contributed by atoms with E-state index in [1.165, 1.54) is 6.20 Å². The Balaban J connectivity index is 3.89. The molecule has 1 amide bonds. The molecular weight excluding hydrogens is 172 g/mol. The van der Waals surface area contributed by atoms with Crippen LogP contribution in [-0.4, -0.2) is 23.5 Å². The predicted octanol–water partition coefficient (Wildman–Crippen LogP) is -0.314. The highest BCUT2D eigenvalue weighted by Gasteiger charge is 2.23. The van der Waals surface area contributed by atoms with Gasteiger partial charge in [-0.1, -0.05) is 0 Å². The number of amides is 1. The molecule has 0 aromatic carbocycles. The largest absolute Gasteiger partial charge is 0.478 e. The Morgan fingerprint density at radius 3 is 2.46 bits per heavy atom. The van der Waals surface area contributed by atoms with Crippen LogP contribution in [0.25, 0.3) is 0 Å². The summed E-state index contributed by atoms with van der Waals surface area (Å²) in [6.45, 7) is 3.67. The van der Waals surface area contributed by atoms with Crippen molar-refractivity contribution in [2.45, 2.75) is 13.8 Å². The highest BCUT2D eigenvalue weighted by atomic mass is 16.4. The number of rotatable bonds is 5. The van der Waals surface area contributed by atoms with E-state index in [1.54, 1.807) is 13.8 Å². The van der Waals surface area contributed by atoms with E-state index in [4.69, 9.17) is 10.8 Å². The molecule has 0 heterocycles. The molecule has 0 atom stereocenters. The lowest BCUT2D eigenvalue weighted by Crippen LogP contribution is -2.39. The van der Waals surface area contributed by atoms with Crippen LogP contribution >= 0.6 is 0 Å². The Bertz CT molecular complexity index is 234. The highest BCUT2D eigenvalue weighted by molar-refractivity contribution is 5.80. The number of carboxylic acid groups (broad SMARTS) is 1. The lowest BCUT2D eigenvalue weighted by molar-refractivity contribution is -0.131. The number of carboxylic acids is 1. The molecule has 0 saturated carbocycles. The smallest absolute Gasteiger partial charge is 0.329 e. The zero-order valence-electron chi connectivity index (χ0n) is 7.70. The average molecular weight is 186 g/mol. The number of carbonyl (C=O) groups excluding carboxylic acids is 1. The van der Waals surface area contributed by atoms with Crippen molar-refractivity contribution in [2.75, 3.05) is 6.54 Å². The van der Waals surface area contributed by atoms with Crippen molar-refractivity contribution in [3.63, 3.8) is 0 Å². The second-order valence-electron chi connectivity index (χ2n) is 3.30. The topological polar surface area (TPSA) is 92.4 Å². The third-order valence-electron chi connectivity index (χ3n) is 1.55. The van der Waals surface area contributed by atoms with Gasteiger partial charge < -0.3 is 16.2 Å².